The summed E-state index contributed by atoms with van der Waals surface area (Å²) in [5.74, 6) is 0.824. The highest BCUT2D eigenvalue weighted by atomic mass is 19.4. The fourth-order valence-electron chi connectivity index (χ4n) is 3.41. The number of alkyl halides is 4. The molecule has 4 rings (SSSR count). The Labute approximate surface area is 193 Å². The third-order valence-corrected chi connectivity index (χ3v) is 5.07. The molecule has 0 aliphatic rings. The SMILES string of the molecule is CC(C)OCc1nc(Nc2ccc(C(F)(F)F)cc2)c2ccc(-c3ncccc3CF)cc2n1. The first kappa shape index (κ1) is 23.6. The van der Waals surface area contributed by atoms with Crippen LogP contribution in [0.25, 0.3) is 22.2 Å². The molecule has 2 aromatic carbocycles. The Morgan fingerprint density at radius 2 is 1.76 bits per heavy atom. The maximum atomic E-state index is 13.5. The fraction of sp³-hybridized carbons (Fsp3) is 0.240. The van der Waals surface area contributed by atoms with Crippen LogP contribution in [0.4, 0.5) is 29.1 Å². The van der Waals surface area contributed by atoms with Gasteiger partial charge in [-0.15, -0.1) is 0 Å². The molecular weight excluding hydrogens is 448 g/mol. The Kier molecular flexibility index (Phi) is 6.74. The Morgan fingerprint density at radius 3 is 2.44 bits per heavy atom. The van der Waals surface area contributed by atoms with Gasteiger partial charge in [-0.1, -0.05) is 12.1 Å². The van der Waals surface area contributed by atoms with Gasteiger partial charge >= 0.3 is 6.18 Å². The molecule has 0 unspecified atom stereocenters. The number of ether oxygens (including phenoxy) is 1. The number of aromatic nitrogens is 3. The van der Waals surface area contributed by atoms with Crippen LogP contribution in [0.15, 0.2) is 60.8 Å². The summed E-state index contributed by atoms with van der Waals surface area (Å²) in [6.07, 6.45) is -2.86. The van der Waals surface area contributed by atoms with Crippen molar-refractivity contribution in [1.29, 1.82) is 0 Å². The number of benzene rings is 2. The molecule has 0 aliphatic carbocycles. The highest BCUT2D eigenvalue weighted by molar-refractivity contribution is 5.93. The van der Waals surface area contributed by atoms with Gasteiger partial charge in [0.05, 0.1) is 22.9 Å². The monoisotopic (exact) mass is 470 g/mol. The zero-order valence-corrected chi connectivity index (χ0v) is 18.5. The zero-order valence-electron chi connectivity index (χ0n) is 18.5. The minimum atomic E-state index is -4.41. The molecule has 0 saturated heterocycles. The van der Waals surface area contributed by atoms with E-state index < -0.39 is 18.4 Å². The fourth-order valence-corrected chi connectivity index (χ4v) is 3.41. The second kappa shape index (κ2) is 9.72. The molecule has 9 heteroatoms. The van der Waals surface area contributed by atoms with Crippen molar-refractivity contribution in [2.24, 2.45) is 0 Å². The third kappa shape index (κ3) is 5.31. The minimum Gasteiger partial charge on any atom is -0.371 e. The number of rotatable bonds is 7. The topological polar surface area (TPSA) is 59.9 Å². The van der Waals surface area contributed by atoms with Gasteiger partial charge in [0.25, 0.3) is 0 Å². The van der Waals surface area contributed by atoms with Gasteiger partial charge in [-0.2, -0.15) is 13.2 Å². The number of nitrogens with zero attached hydrogens (tertiary/aromatic N) is 3. The van der Waals surface area contributed by atoms with Crippen LogP contribution in [-0.4, -0.2) is 21.1 Å². The number of anilines is 2. The lowest BCUT2D eigenvalue weighted by Gasteiger charge is -2.14. The second-order valence-corrected chi connectivity index (χ2v) is 7.93. The normalized spacial score (nSPS) is 11.9. The summed E-state index contributed by atoms with van der Waals surface area (Å²) >= 11 is 0. The number of hydrogen-bond donors (Lipinski definition) is 1. The Balaban J connectivity index is 1.76. The van der Waals surface area contributed by atoms with Crippen LogP contribution in [-0.2, 0) is 24.2 Å². The maximum absolute atomic E-state index is 13.5. The van der Waals surface area contributed by atoms with Gasteiger partial charge < -0.3 is 10.1 Å². The van der Waals surface area contributed by atoms with Gasteiger partial charge in [0.2, 0.25) is 0 Å². The molecule has 0 radical (unpaired) electrons. The van der Waals surface area contributed by atoms with Crippen LogP contribution >= 0.6 is 0 Å². The van der Waals surface area contributed by atoms with Gasteiger partial charge in [0, 0.05) is 28.4 Å². The molecular formula is C25H22F4N4O. The summed E-state index contributed by atoms with van der Waals surface area (Å²) in [4.78, 5) is 13.4. The van der Waals surface area contributed by atoms with Gasteiger partial charge in [-0.3, -0.25) is 4.98 Å². The van der Waals surface area contributed by atoms with E-state index in [1.54, 1.807) is 36.5 Å². The number of pyridine rings is 1. The zero-order chi connectivity index (χ0) is 24.3. The second-order valence-electron chi connectivity index (χ2n) is 7.93. The molecule has 0 atom stereocenters. The first-order valence-corrected chi connectivity index (χ1v) is 10.6. The summed E-state index contributed by atoms with van der Waals surface area (Å²) < 4.78 is 57.8. The first-order chi connectivity index (χ1) is 16.2. The molecule has 0 spiro atoms. The molecule has 2 aromatic heterocycles. The molecule has 4 aromatic rings. The van der Waals surface area contributed by atoms with Gasteiger partial charge in [-0.25, -0.2) is 14.4 Å². The van der Waals surface area contributed by atoms with E-state index in [4.69, 9.17) is 4.74 Å². The van der Waals surface area contributed by atoms with Crippen molar-refractivity contribution in [3.63, 3.8) is 0 Å². The van der Waals surface area contributed by atoms with Crippen LogP contribution in [0.2, 0.25) is 0 Å². The number of halogens is 4. The van der Waals surface area contributed by atoms with Crippen molar-refractivity contribution in [1.82, 2.24) is 15.0 Å². The largest absolute Gasteiger partial charge is 0.416 e. The van der Waals surface area contributed by atoms with E-state index in [-0.39, 0.29) is 12.7 Å². The molecule has 0 fully saturated rings. The van der Waals surface area contributed by atoms with Crippen LogP contribution in [0, 0.1) is 0 Å². The number of hydrogen-bond acceptors (Lipinski definition) is 5. The van der Waals surface area contributed by atoms with Gasteiger partial charge in [0.1, 0.15) is 19.1 Å². The Hall–Kier alpha value is -3.59. The molecule has 0 amide bonds. The van der Waals surface area contributed by atoms with Gasteiger partial charge in [-0.05, 0) is 56.3 Å². The van der Waals surface area contributed by atoms with Crippen molar-refractivity contribution in [3.05, 3.63) is 77.7 Å². The van der Waals surface area contributed by atoms with E-state index in [2.05, 4.69) is 20.3 Å². The lowest BCUT2D eigenvalue weighted by molar-refractivity contribution is -0.137. The molecule has 2 heterocycles. The van der Waals surface area contributed by atoms with Crippen molar-refractivity contribution in [2.45, 2.75) is 39.4 Å². The van der Waals surface area contributed by atoms with Crippen molar-refractivity contribution >= 4 is 22.4 Å². The van der Waals surface area contributed by atoms with E-state index >= 15 is 0 Å². The maximum Gasteiger partial charge on any atom is 0.416 e. The van der Waals surface area contributed by atoms with Crippen LogP contribution in [0.5, 0.6) is 0 Å². The summed E-state index contributed by atoms with van der Waals surface area (Å²) in [5.41, 5.74) is 1.94. The average Bonchev–Trinajstić information content (AvgIpc) is 2.82. The predicted octanol–water partition coefficient (Wildman–Crippen LogP) is 6.85. The van der Waals surface area contributed by atoms with Gasteiger partial charge in [0.15, 0.2) is 5.82 Å². The molecule has 34 heavy (non-hydrogen) atoms. The molecule has 5 nitrogen and oxygen atoms in total. The third-order valence-electron chi connectivity index (χ3n) is 5.07. The lowest BCUT2D eigenvalue weighted by Crippen LogP contribution is -2.08. The molecule has 0 aliphatic heterocycles. The predicted molar refractivity (Wildman–Crippen MR) is 122 cm³/mol. The van der Waals surface area contributed by atoms with E-state index in [9.17, 15) is 17.6 Å². The van der Waals surface area contributed by atoms with Crippen molar-refractivity contribution < 1.29 is 22.3 Å². The van der Waals surface area contributed by atoms with E-state index in [1.807, 2.05) is 13.8 Å². The molecule has 0 saturated carbocycles. The van der Waals surface area contributed by atoms with Crippen LogP contribution in [0.1, 0.15) is 30.8 Å². The van der Waals surface area contributed by atoms with E-state index in [0.29, 0.717) is 45.1 Å². The molecule has 0 bridgehead atoms. The highest BCUT2D eigenvalue weighted by Crippen LogP contribution is 2.32. The summed E-state index contributed by atoms with van der Waals surface area (Å²) in [6, 6.07) is 13.4. The van der Waals surface area contributed by atoms with E-state index in [0.717, 1.165) is 12.1 Å². The first-order valence-electron chi connectivity index (χ1n) is 10.6. The lowest BCUT2D eigenvalue weighted by atomic mass is 10.0. The Bertz CT molecular complexity index is 1290. The quantitative estimate of drug-likeness (QED) is 0.299. The highest BCUT2D eigenvalue weighted by Gasteiger charge is 2.30. The summed E-state index contributed by atoms with van der Waals surface area (Å²) in [7, 11) is 0. The number of fused-ring (bicyclic) bond motifs is 1. The van der Waals surface area contributed by atoms with Crippen molar-refractivity contribution in [3.8, 4) is 11.3 Å². The minimum absolute atomic E-state index is 0.0439. The smallest absolute Gasteiger partial charge is 0.371 e. The van der Waals surface area contributed by atoms with E-state index in [1.165, 1.54) is 12.1 Å². The molecule has 1 N–H and O–H groups in total. The molecule has 176 valence electrons. The average molecular weight is 470 g/mol. The standard InChI is InChI=1S/C25H22F4N4O/c1-15(2)34-14-22-32-21-12-16(23-17(13-26)4-3-11-30-23)5-10-20(21)24(33-22)31-19-8-6-18(7-9-19)25(27,28)29/h3-12,15H,13-14H2,1-2H3,(H,31,32,33). The van der Waals surface area contributed by atoms with Crippen molar-refractivity contribution in [2.75, 3.05) is 5.32 Å². The summed E-state index contributed by atoms with van der Waals surface area (Å²) in [6.45, 7) is 3.28. The van der Waals surface area contributed by atoms with Crippen LogP contribution < -0.4 is 5.32 Å². The summed E-state index contributed by atoms with van der Waals surface area (Å²) in [5, 5.41) is 3.73. The number of nitrogens with one attached hydrogen (secondary N) is 1. The van der Waals surface area contributed by atoms with Crippen LogP contribution in [0.3, 0.4) is 0 Å². The Morgan fingerprint density at radius 1 is 1.00 bits per heavy atom.